The second-order valence-corrected chi connectivity index (χ2v) is 8.46. The number of para-hydroxylation sites is 1. The maximum Gasteiger partial charge on any atom is 0.227 e. The Labute approximate surface area is 191 Å². The molecule has 1 aliphatic heterocycles. The van der Waals surface area contributed by atoms with Gasteiger partial charge in [0.15, 0.2) is 5.78 Å². The second kappa shape index (κ2) is 8.74. The minimum atomic E-state index is -0.209. The minimum Gasteiger partial charge on any atom is -0.366 e. The number of hydrogen-bond acceptors (Lipinski definition) is 6. The van der Waals surface area contributed by atoms with E-state index in [4.69, 9.17) is 21.6 Å². The summed E-state index contributed by atoms with van der Waals surface area (Å²) in [6, 6.07) is 14.1. The molecule has 32 heavy (non-hydrogen) atoms. The number of hydrogen-bond donors (Lipinski definition) is 1. The number of aromatic nitrogens is 2. The lowest BCUT2D eigenvalue weighted by atomic mass is 9.95. The lowest BCUT2D eigenvalue weighted by Crippen LogP contribution is -2.47. The average molecular weight is 452 g/mol. The van der Waals surface area contributed by atoms with Gasteiger partial charge in [-0.25, -0.2) is 9.37 Å². The third-order valence-corrected chi connectivity index (χ3v) is 6.18. The number of piperazine rings is 1. The summed E-state index contributed by atoms with van der Waals surface area (Å²) in [6.45, 7) is 2.67. The standard InChI is InChI=1S/C24H23ClFN5O/c25-16-8-10-17(11-9-16)27-23-22-19(5-3-7-21(22)32)28-24(29-23)31-14-12-30(13-15-31)20-6-2-1-4-18(20)26/h1-2,4,6,8-11H,3,5,7,12-15H2,(H,27,28,29). The van der Waals surface area contributed by atoms with E-state index in [0.29, 0.717) is 60.6 Å². The van der Waals surface area contributed by atoms with Gasteiger partial charge in [0, 0.05) is 43.3 Å². The van der Waals surface area contributed by atoms with Crippen molar-refractivity contribution in [2.75, 3.05) is 41.3 Å². The predicted molar refractivity (Wildman–Crippen MR) is 125 cm³/mol. The van der Waals surface area contributed by atoms with E-state index in [0.717, 1.165) is 24.2 Å². The zero-order chi connectivity index (χ0) is 22.1. The summed E-state index contributed by atoms with van der Waals surface area (Å²) in [4.78, 5) is 26.3. The van der Waals surface area contributed by atoms with Gasteiger partial charge < -0.3 is 15.1 Å². The number of ketones is 1. The van der Waals surface area contributed by atoms with Crippen molar-refractivity contribution in [1.82, 2.24) is 9.97 Å². The molecule has 1 N–H and O–H groups in total. The molecule has 6 nitrogen and oxygen atoms in total. The van der Waals surface area contributed by atoms with Crippen LogP contribution >= 0.6 is 11.6 Å². The highest BCUT2D eigenvalue weighted by molar-refractivity contribution is 6.30. The minimum absolute atomic E-state index is 0.0682. The van der Waals surface area contributed by atoms with Crippen LogP contribution in [0.3, 0.4) is 0 Å². The van der Waals surface area contributed by atoms with Crippen LogP contribution in [0.15, 0.2) is 48.5 Å². The Kier molecular flexibility index (Phi) is 5.66. The van der Waals surface area contributed by atoms with Crippen molar-refractivity contribution in [3.05, 3.63) is 70.6 Å². The van der Waals surface area contributed by atoms with E-state index in [1.54, 1.807) is 24.3 Å². The molecule has 3 aromatic rings. The Morgan fingerprint density at radius 1 is 0.906 bits per heavy atom. The number of rotatable bonds is 4. The van der Waals surface area contributed by atoms with Crippen molar-refractivity contribution in [3.8, 4) is 0 Å². The Morgan fingerprint density at radius 2 is 1.62 bits per heavy atom. The molecule has 0 spiro atoms. The van der Waals surface area contributed by atoms with Crippen LogP contribution in [0, 0.1) is 5.82 Å². The number of Topliss-reactive ketones (excluding diaryl/α,β-unsaturated/α-hetero) is 1. The van der Waals surface area contributed by atoms with Crippen molar-refractivity contribution in [2.24, 2.45) is 0 Å². The van der Waals surface area contributed by atoms with Gasteiger partial charge in [-0.1, -0.05) is 23.7 Å². The van der Waals surface area contributed by atoms with Gasteiger partial charge in [-0.3, -0.25) is 4.79 Å². The summed E-state index contributed by atoms with van der Waals surface area (Å²) >= 11 is 6.00. The number of halogens is 2. The molecular weight excluding hydrogens is 429 g/mol. The summed E-state index contributed by atoms with van der Waals surface area (Å²) in [6.07, 6.45) is 2.05. The van der Waals surface area contributed by atoms with Gasteiger partial charge in [0.1, 0.15) is 11.6 Å². The summed E-state index contributed by atoms with van der Waals surface area (Å²) in [5.41, 5.74) is 2.80. The molecular formula is C24H23ClFN5O. The number of carbonyl (C=O) groups excluding carboxylic acids is 1. The van der Waals surface area contributed by atoms with E-state index < -0.39 is 0 Å². The molecule has 0 unspecified atom stereocenters. The van der Waals surface area contributed by atoms with Gasteiger partial charge in [-0.15, -0.1) is 0 Å². The molecule has 1 saturated heterocycles. The summed E-state index contributed by atoms with van der Waals surface area (Å²) in [5.74, 6) is 0.995. The molecule has 0 radical (unpaired) electrons. The van der Waals surface area contributed by atoms with E-state index in [9.17, 15) is 9.18 Å². The first-order valence-corrected chi connectivity index (χ1v) is 11.2. The maximum absolute atomic E-state index is 14.2. The summed E-state index contributed by atoms with van der Waals surface area (Å²) in [7, 11) is 0. The van der Waals surface area contributed by atoms with E-state index in [-0.39, 0.29) is 11.6 Å². The monoisotopic (exact) mass is 451 g/mol. The average Bonchev–Trinajstić information content (AvgIpc) is 2.81. The van der Waals surface area contributed by atoms with Gasteiger partial charge in [0.2, 0.25) is 5.95 Å². The van der Waals surface area contributed by atoms with Gasteiger partial charge in [0.25, 0.3) is 0 Å². The number of anilines is 4. The van der Waals surface area contributed by atoms with Crippen LogP contribution < -0.4 is 15.1 Å². The van der Waals surface area contributed by atoms with Crippen molar-refractivity contribution >= 4 is 40.5 Å². The third kappa shape index (κ3) is 4.12. The number of benzene rings is 2. The van der Waals surface area contributed by atoms with Crippen LogP contribution in [0.5, 0.6) is 0 Å². The van der Waals surface area contributed by atoms with Crippen LogP contribution in [-0.4, -0.2) is 41.9 Å². The zero-order valence-electron chi connectivity index (χ0n) is 17.5. The molecule has 0 saturated carbocycles. The van der Waals surface area contributed by atoms with Crippen molar-refractivity contribution in [1.29, 1.82) is 0 Å². The molecule has 164 valence electrons. The van der Waals surface area contributed by atoms with Gasteiger partial charge >= 0.3 is 0 Å². The maximum atomic E-state index is 14.2. The molecule has 2 aliphatic rings. The SMILES string of the molecule is O=C1CCCc2nc(N3CCN(c4ccccc4F)CC3)nc(Nc3ccc(Cl)cc3)c21. The van der Waals surface area contributed by atoms with Crippen molar-refractivity contribution in [2.45, 2.75) is 19.3 Å². The highest BCUT2D eigenvalue weighted by atomic mass is 35.5. The Hall–Kier alpha value is -3.19. The van der Waals surface area contributed by atoms with E-state index >= 15 is 0 Å². The van der Waals surface area contributed by atoms with E-state index in [2.05, 4.69) is 10.2 Å². The molecule has 8 heteroatoms. The molecule has 1 aromatic heterocycles. The molecule has 2 heterocycles. The quantitative estimate of drug-likeness (QED) is 0.611. The van der Waals surface area contributed by atoms with E-state index in [1.807, 2.05) is 23.1 Å². The molecule has 5 rings (SSSR count). The lowest BCUT2D eigenvalue weighted by Gasteiger charge is -2.36. The molecule has 0 bridgehead atoms. The highest BCUT2D eigenvalue weighted by Crippen LogP contribution is 2.31. The summed E-state index contributed by atoms with van der Waals surface area (Å²) < 4.78 is 14.2. The lowest BCUT2D eigenvalue weighted by molar-refractivity contribution is 0.0972. The molecule has 1 fully saturated rings. The van der Waals surface area contributed by atoms with Crippen molar-refractivity contribution in [3.63, 3.8) is 0 Å². The second-order valence-electron chi connectivity index (χ2n) is 8.03. The normalized spacial score (nSPS) is 16.1. The van der Waals surface area contributed by atoms with Crippen LogP contribution in [-0.2, 0) is 6.42 Å². The van der Waals surface area contributed by atoms with Crippen LogP contribution in [0.1, 0.15) is 28.9 Å². The predicted octanol–water partition coefficient (Wildman–Crippen LogP) is 4.86. The van der Waals surface area contributed by atoms with Crippen molar-refractivity contribution < 1.29 is 9.18 Å². The topological polar surface area (TPSA) is 61.4 Å². The third-order valence-electron chi connectivity index (χ3n) is 5.93. The van der Waals surface area contributed by atoms with Crippen LogP contribution in [0.2, 0.25) is 5.02 Å². The largest absolute Gasteiger partial charge is 0.366 e. The first-order valence-electron chi connectivity index (χ1n) is 10.8. The Bertz CT molecular complexity index is 1150. The first kappa shape index (κ1) is 20.7. The fourth-order valence-electron chi connectivity index (χ4n) is 4.27. The van der Waals surface area contributed by atoms with Gasteiger partial charge in [0.05, 0.1) is 16.9 Å². The number of fused-ring (bicyclic) bond motifs is 1. The Morgan fingerprint density at radius 3 is 2.38 bits per heavy atom. The zero-order valence-corrected chi connectivity index (χ0v) is 18.3. The van der Waals surface area contributed by atoms with E-state index in [1.165, 1.54) is 6.07 Å². The fraction of sp³-hybridized carbons (Fsp3) is 0.292. The molecule has 2 aromatic carbocycles. The van der Waals surface area contributed by atoms with Crippen LogP contribution in [0.4, 0.5) is 27.5 Å². The van der Waals surface area contributed by atoms with Gasteiger partial charge in [-0.05, 0) is 49.2 Å². The fourth-order valence-corrected chi connectivity index (χ4v) is 4.39. The smallest absolute Gasteiger partial charge is 0.227 e. The number of carbonyl (C=O) groups is 1. The number of aryl methyl sites for hydroxylation is 1. The van der Waals surface area contributed by atoms with Gasteiger partial charge in [-0.2, -0.15) is 4.98 Å². The molecule has 0 atom stereocenters. The van der Waals surface area contributed by atoms with Crippen LogP contribution in [0.25, 0.3) is 0 Å². The molecule has 0 amide bonds. The summed E-state index contributed by atoms with van der Waals surface area (Å²) in [5, 5.41) is 3.94. The molecule has 1 aliphatic carbocycles. The first-order chi connectivity index (χ1) is 15.6. The highest BCUT2D eigenvalue weighted by Gasteiger charge is 2.27. The number of nitrogens with one attached hydrogen (secondary N) is 1. The Balaban J connectivity index is 1.41. The number of nitrogens with zero attached hydrogens (tertiary/aromatic N) is 4.